The van der Waals surface area contributed by atoms with Crippen molar-refractivity contribution in [3.8, 4) is 0 Å². The summed E-state index contributed by atoms with van der Waals surface area (Å²) in [4.78, 5) is 5.15. The van der Waals surface area contributed by atoms with Crippen molar-refractivity contribution in [2.45, 2.75) is 51.7 Å². The summed E-state index contributed by atoms with van der Waals surface area (Å²) in [5.74, 6) is -0.178. The molecule has 0 spiro atoms. The number of piperidine rings is 1. The summed E-state index contributed by atoms with van der Waals surface area (Å²) in [6, 6.07) is 15.2. The SMILES string of the molecule is CCC(O)c1ccc2c(c1)N(C1CCN(CC)CC1)CC2.Fc1ccccc1. The first kappa shape index (κ1) is 20.8. The highest BCUT2D eigenvalue weighted by molar-refractivity contribution is 5.60. The average molecular weight is 385 g/mol. The number of halogens is 1. The molecule has 1 N–H and O–H groups in total. The summed E-state index contributed by atoms with van der Waals surface area (Å²) in [7, 11) is 0. The Hall–Kier alpha value is -1.91. The maximum Gasteiger partial charge on any atom is 0.123 e. The average Bonchev–Trinajstić information content (AvgIpc) is 3.17. The number of fused-ring (bicyclic) bond motifs is 1. The molecular formula is C24H33FN2O. The monoisotopic (exact) mass is 384 g/mol. The third-order valence-electron chi connectivity index (χ3n) is 5.99. The van der Waals surface area contributed by atoms with E-state index in [1.165, 1.54) is 55.9 Å². The zero-order chi connectivity index (χ0) is 19.9. The summed E-state index contributed by atoms with van der Waals surface area (Å²) in [6.07, 6.45) is 4.17. The molecule has 1 saturated heterocycles. The van der Waals surface area contributed by atoms with Gasteiger partial charge in [0.05, 0.1) is 6.10 Å². The van der Waals surface area contributed by atoms with Crippen LogP contribution in [0.25, 0.3) is 0 Å². The van der Waals surface area contributed by atoms with Crippen molar-refractivity contribution in [2.75, 3.05) is 31.1 Å². The number of rotatable bonds is 4. The summed E-state index contributed by atoms with van der Waals surface area (Å²) < 4.78 is 11.9. The topological polar surface area (TPSA) is 26.7 Å². The Morgan fingerprint density at radius 1 is 1.04 bits per heavy atom. The fourth-order valence-corrected chi connectivity index (χ4v) is 4.21. The third-order valence-corrected chi connectivity index (χ3v) is 5.99. The van der Waals surface area contributed by atoms with E-state index in [2.05, 4.69) is 34.9 Å². The number of nitrogens with zero attached hydrogens (tertiary/aromatic N) is 2. The van der Waals surface area contributed by atoms with E-state index in [1.807, 2.05) is 6.92 Å². The van der Waals surface area contributed by atoms with E-state index in [0.29, 0.717) is 6.04 Å². The predicted molar refractivity (Wildman–Crippen MR) is 114 cm³/mol. The molecule has 152 valence electrons. The van der Waals surface area contributed by atoms with Gasteiger partial charge in [-0.3, -0.25) is 0 Å². The van der Waals surface area contributed by atoms with Gasteiger partial charge in [0, 0.05) is 31.4 Å². The van der Waals surface area contributed by atoms with Crippen molar-refractivity contribution < 1.29 is 9.50 Å². The minimum Gasteiger partial charge on any atom is -0.388 e. The molecule has 0 bridgehead atoms. The first-order valence-electron chi connectivity index (χ1n) is 10.6. The Kier molecular flexibility index (Phi) is 7.46. The van der Waals surface area contributed by atoms with Gasteiger partial charge in [-0.05, 0) is 61.6 Å². The van der Waals surface area contributed by atoms with E-state index >= 15 is 0 Å². The largest absolute Gasteiger partial charge is 0.388 e. The highest BCUT2D eigenvalue weighted by atomic mass is 19.1. The van der Waals surface area contributed by atoms with E-state index in [0.717, 1.165) is 24.9 Å². The summed E-state index contributed by atoms with van der Waals surface area (Å²) >= 11 is 0. The lowest BCUT2D eigenvalue weighted by molar-refractivity contribution is 0.173. The molecule has 0 saturated carbocycles. The first-order chi connectivity index (χ1) is 13.6. The molecule has 0 aliphatic carbocycles. The molecular weight excluding hydrogens is 351 g/mol. The van der Waals surface area contributed by atoms with Crippen molar-refractivity contribution in [3.05, 3.63) is 65.5 Å². The molecule has 0 aromatic heterocycles. The van der Waals surface area contributed by atoms with Crippen molar-refractivity contribution >= 4 is 5.69 Å². The number of benzene rings is 2. The van der Waals surface area contributed by atoms with Crippen LogP contribution in [0.1, 0.15) is 50.3 Å². The maximum atomic E-state index is 11.9. The van der Waals surface area contributed by atoms with Gasteiger partial charge >= 0.3 is 0 Å². The standard InChI is InChI=1S/C18H28N2O.C6H5F/c1-3-18(21)15-6-5-14-7-12-20(17(14)13-15)16-8-10-19(4-2)11-9-16;7-6-4-2-1-3-5-6/h5-6,13,16,18,21H,3-4,7-12H2,1-2H3;1-5H. The van der Waals surface area contributed by atoms with Gasteiger partial charge < -0.3 is 14.9 Å². The minimum absolute atomic E-state index is 0.178. The van der Waals surface area contributed by atoms with E-state index in [1.54, 1.807) is 18.2 Å². The molecule has 0 radical (unpaired) electrons. The van der Waals surface area contributed by atoms with Crippen LogP contribution in [0.3, 0.4) is 0 Å². The van der Waals surface area contributed by atoms with Gasteiger partial charge in [-0.15, -0.1) is 0 Å². The Morgan fingerprint density at radius 3 is 2.32 bits per heavy atom. The van der Waals surface area contributed by atoms with Crippen LogP contribution < -0.4 is 4.90 Å². The molecule has 2 aromatic rings. The number of aliphatic hydroxyl groups is 1. The molecule has 28 heavy (non-hydrogen) atoms. The number of hydrogen-bond donors (Lipinski definition) is 1. The van der Waals surface area contributed by atoms with Crippen LogP contribution in [0.4, 0.5) is 10.1 Å². The molecule has 2 aromatic carbocycles. The molecule has 2 heterocycles. The van der Waals surface area contributed by atoms with Crippen LogP contribution in [0, 0.1) is 5.82 Å². The van der Waals surface area contributed by atoms with Gasteiger partial charge in [-0.2, -0.15) is 0 Å². The molecule has 0 amide bonds. The Balaban J connectivity index is 0.000000271. The summed E-state index contributed by atoms with van der Waals surface area (Å²) in [6.45, 7) is 9.07. The Morgan fingerprint density at radius 2 is 1.75 bits per heavy atom. The lowest BCUT2D eigenvalue weighted by Gasteiger charge is -2.37. The van der Waals surface area contributed by atoms with Crippen LogP contribution >= 0.6 is 0 Å². The van der Waals surface area contributed by atoms with E-state index in [4.69, 9.17) is 0 Å². The van der Waals surface area contributed by atoms with Crippen LogP contribution in [0.5, 0.6) is 0 Å². The van der Waals surface area contributed by atoms with E-state index in [-0.39, 0.29) is 11.9 Å². The molecule has 4 heteroatoms. The quantitative estimate of drug-likeness (QED) is 0.820. The molecule has 2 aliphatic rings. The second-order valence-electron chi connectivity index (χ2n) is 7.72. The molecule has 1 fully saturated rings. The highest BCUT2D eigenvalue weighted by Crippen LogP contribution is 2.35. The Labute approximate surface area is 168 Å². The summed E-state index contributed by atoms with van der Waals surface area (Å²) in [5.41, 5.74) is 3.92. The lowest BCUT2D eigenvalue weighted by Crippen LogP contribution is -2.44. The van der Waals surface area contributed by atoms with E-state index < -0.39 is 0 Å². The number of hydrogen-bond acceptors (Lipinski definition) is 3. The number of anilines is 1. The fraction of sp³-hybridized carbons (Fsp3) is 0.500. The van der Waals surface area contributed by atoms with Gasteiger partial charge in [0.15, 0.2) is 0 Å². The Bertz CT molecular complexity index is 729. The van der Waals surface area contributed by atoms with Crippen LogP contribution in [0.2, 0.25) is 0 Å². The molecule has 1 unspecified atom stereocenters. The zero-order valence-corrected chi connectivity index (χ0v) is 17.1. The number of aliphatic hydroxyl groups excluding tert-OH is 1. The number of likely N-dealkylation sites (tertiary alicyclic amines) is 1. The van der Waals surface area contributed by atoms with Gasteiger partial charge in [-0.25, -0.2) is 4.39 Å². The smallest absolute Gasteiger partial charge is 0.123 e. The first-order valence-corrected chi connectivity index (χ1v) is 10.6. The summed E-state index contributed by atoms with van der Waals surface area (Å²) in [5, 5.41) is 10.1. The fourth-order valence-electron chi connectivity index (χ4n) is 4.21. The normalized spacial score (nSPS) is 18.4. The maximum absolute atomic E-state index is 11.9. The van der Waals surface area contributed by atoms with Gasteiger partial charge in [0.1, 0.15) is 5.82 Å². The van der Waals surface area contributed by atoms with Gasteiger partial charge in [0.2, 0.25) is 0 Å². The van der Waals surface area contributed by atoms with Crippen molar-refractivity contribution in [1.82, 2.24) is 4.90 Å². The lowest BCUT2D eigenvalue weighted by atomic mass is 10.0. The van der Waals surface area contributed by atoms with Crippen LogP contribution in [-0.4, -0.2) is 42.2 Å². The molecule has 2 aliphatic heterocycles. The molecule has 1 atom stereocenters. The van der Waals surface area contributed by atoms with Crippen molar-refractivity contribution in [2.24, 2.45) is 0 Å². The highest BCUT2D eigenvalue weighted by Gasteiger charge is 2.29. The zero-order valence-electron chi connectivity index (χ0n) is 17.1. The van der Waals surface area contributed by atoms with E-state index in [9.17, 15) is 9.50 Å². The predicted octanol–water partition coefficient (Wildman–Crippen LogP) is 4.80. The second kappa shape index (κ2) is 10.0. The molecule has 4 rings (SSSR count). The van der Waals surface area contributed by atoms with Crippen LogP contribution in [0.15, 0.2) is 48.5 Å². The van der Waals surface area contributed by atoms with Gasteiger partial charge in [-0.1, -0.05) is 44.2 Å². The minimum atomic E-state index is -0.320. The molecule has 3 nitrogen and oxygen atoms in total. The van der Waals surface area contributed by atoms with Crippen molar-refractivity contribution in [3.63, 3.8) is 0 Å². The third kappa shape index (κ3) is 5.12. The van der Waals surface area contributed by atoms with Crippen LogP contribution in [-0.2, 0) is 6.42 Å². The van der Waals surface area contributed by atoms with Crippen molar-refractivity contribution in [1.29, 1.82) is 0 Å². The second-order valence-corrected chi connectivity index (χ2v) is 7.72. The van der Waals surface area contributed by atoms with Gasteiger partial charge in [0.25, 0.3) is 0 Å².